The van der Waals surface area contributed by atoms with Crippen LogP contribution in [0.15, 0.2) is 66.7 Å². The number of benzene rings is 3. The van der Waals surface area contributed by atoms with Crippen LogP contribution >= 0.6 is 11.3 Å². The summed E-state index contributed by atoms with van der Waals surface area (Å²) in [5.41, 5.74) is 4.95. The lowest BCUT2D eigenvalue weighted by Gasteiger charge is -2.20. The van der Waals surface area contributed by atoms with Crippen LogP contribution in [0.2, 0.25) is 0 Å². The summed E-state index contributed by atoms with van der Waals surface area (Å²) in [6, 6.07) is 21.8. The second kappa shape index (κ2) is 10.6. The van der Waals surface area contributed by atoms with Crippen LogP contribution in [0.4, 0.5) is 5.13 Å². The van der Waals surface area contributed by atoms with Crippen molar-refractivity contribution >= 4 is 32.6 Å². The van der Waals surface area contributed by atoms with Gasteiger partial charge < -0.3 is 4.74 Å². The van der Waals surface area contributed by atoms with Gasteiger partial charge in [-0.1, -0.05) is 73.6 Å². The van der Waals surface area contributed by atoms with Crippen LogP contribution in [0.3, 0.4) is 0 Å². The Bertz CT molecular complexity index is 1230. The van der Waals surface area contributed by atoms with Crippen LogP contribution in [0.5, 0.6) is 5.75 Å². The molecule has 0 saturated heterocycles. The van der Waals surface area contributed by atoms with E-state index in [0.717, 1.165) is 46.4 Å². The van der Waals surface area contributed by atoms with Crippen LogP contribution < -0.4 is 9.64 Å². The highest BCUT2D eigenvalue weighted by atomic mass is 32.1. The molecule has 0 aliphatic heterocycles. The summed E-state index contributed by atoms with van der Waals surface area (Å²) in [6.45, 7) is 7.45. The van der Waals surface area contributed by atoms with Crippen molar-refractivity contribution in [3.8, 4) is 5.75 Å². The molecular formula is C28H30N2O2S. The van der Waals surface area contributed by atoms with Gasteiger partial charge in [0.05, 0.1) is 23.4 Å². The van der Waals surface area contributed by atoms with Crippen molar-refractivity contribution in [3.05, 3.63) is 89.0 Å². The molecule has 0 atom stereocenters. The van der Waals surface area contributed by atoms with Gasteiger partial charge in [0.15, 0.2) is 5.13 Å². The Hall–Kier alpha value is -3.18. The highest BCUT2D eigenvalue weighted by Crippen LogP contribution is 2.33. The van der Waals surface area contributed by atoms with Gasteiger partial charge in [0, 0.05) is 5.56 Å². The Morgan fingerprint density at radius 1 is 1.00 bits per heavy atom. The van der Waals surface area contributed by atoms with E-state index in [4.69, 9.17) is 9.72 Å². The van der Waals surface area contributed by atoms with Crippen molar-refractivity contribution in [3.63, 3.8) is 0 Å². The van der Waals surface area contributed by atoms with Gasteiger partial charge in [-0.3, -0.25) is 9.69 Å². The number of hydrogen-bond donors (Lipinski definition) is 0. The number of aromatic nitrogens is 1. The fourth-order valence-corrected chi connectivity index (χ4v) is 5.02. The molecule has 4 rings (SSSR count). The molecule has 170 valence electrons. The van der Waals surface area contributed by atoms with E-state index in [2.05, 4.69) is 32.9 Å². The summed E-state index contributed by atoms with van der Waals surface area (Å²) >= 11 is 1.56. The Balaban J connectivity index is 1.67. The number of rotatable bonds is 9. The maximum Gasteiger partial charge on any atom is 0.260 e. The number of amides is 1. The largest absolute Gasteiger partial charge is 0.494 e. The van der Waals surface area contributed by atoms with E-state index in [9.17, 15) is 4.79 Å². The number of fused-ring (bicyclic) bond motifs is 1. The number of unbranched alkanes of at least 4 members (excludes halogenated alkanes) is 2. The van der Waals surface area contributed by atoms with E-state index in [0.29, 0.717) is 23.8 Å². The molecule has 0 radical (unpaired) electrons. The predicted molar refractivity (Wildman–Crippen MR) is 138 cm³/mol. The minimum Gasteiger partial charge on any atom is -0.494 e. The molecule has 0 aliphatic carbocycles. The van der Waals surface area contributed by atoms with Gasteiger partial charge in [-0.2, -0.15) is 0 Å². The maximum absolute atomic E-state index is 13.7. The van der Waals surface area contributed by atoms with Crippen LogP contribution in [-0.2, 0) is 6.54 Å². The van der Waals surface area contributed by atoms with Gasteiger partial charge in [0.25, 0.3) is 5.91 Å². The van der Waals surface area contributed by atoms with E-state index in [1.54, 1.807) is 16.2 Å². The highest BCUT2D eigenvalue weighted by molar-refractivity contribution is 7.22. The van der Waals surface area contributed by atoms with Crippen molar-refractivity contribution in [2.75, 3.05) is 11.5 Å². The molecule has 33 heavy (non-hydrogen) atoms. The number of anilines is 1. The molecule has 0 fully saturated rings. The summed E-state index contributed by atoms with van der Waals surface area (Å²) in [4.78, 5) is 20.4. The van der Waals surface area contributed by atoms with Gasteiger partial charge in [0.1, 0.15) is 5.75 Å². The zero-order valence-corrected chi connectivity index (χ0v) is 20.3. The Kier molecular flexibility index (Phi) is 7.40. The van der Waals surface area contributed by atoms with Crippen LogP contribution in [0, 0.1) is 13.8 Å². The lowest BCUT2D eigenvalue weighted by molar-refractivity contribution is 0.0984. The first-order valence-electron chi connectivity index (χ1n) is 11.5. The Labute approximate surface area is 199 Å². The van der Waals surface area contributed by atoms with Gasteiger partial charge in [0.2, 0.25) is 0 Å². The first-order valence-corrected chi connectivity index (χ1v) is 12.3. The molecule has 0 unspecified atom stereocenters. The summed E-state index contributed by atoms with van der Waals surface area (Å²) in [7, 11) is 0. The Morgan fingerprint density at radius 3 is 2.61 bits per heavy atom. The van der Waals surface area contributed by atoms with Gasteiger partial charge in [-0.15, -0.1) is 0 Å². The van der Waals surface area contributed by atoms with Crippen molar-refractivity contribution < 1.29 is 9.53 Å². The fourth-order valence-electron chi connectivity index (χ4n) is 3.88. The predicted octanol–water partition coefficient (Wildman–Crippen LogP) is 7.33. The monoisotopic (exact) mass is 458 g/mol. The second-order valence-corrected chi connectivity index (χ2v) is 9.39. The number of aryl methyl sites for hydroxylation is 2. The number of nitrogens with zero attached hydrogens (tertiary/aromatic N) is 2. The average molecular weight is 459 g/mol. The number of thiazole rings is 1. The van der Waals surface area contributed by atoms with Crippen molar-refractivity contribution in [1.82, 2.24) is 4.98 Å². The van der Waals surface area contributed by atoms with E-state index < -0.39 is 0 Å². The van der Waals surface area contributed by atoms with Gasteiger partial charge in [-0.05, 0) is 61.2 Å². The first kappa shape index (κ1) is 23.0. The number of hydrogen-bond acceptors (Lipinski definition) is 4. The molecule has 0 N–H and O–H groups in total. The number of carbonyl (C=O) groups is 1. The molecule has 1 amide bonds. The van der Waals surface area contributed by atoms with Crippen molar-refractivity contribution in [2.45, 2.75) is 46.6 Å². The fraction of sp³-hybridized carbons (Fsp3) is 0.286. The molecule has 0 saturated carbocycles. The lowest BCUT2D eigenvalue weighted by atomic mass is 10.1. The third-order valence-electron chi connectivity index (χ3n) is 5.58. The third-order valence-corrected chi connectivity index (χ3v) is 6.60. The van der Waals surface area contributed by atoms with E-state index in [-0.39, 0.29) is 5.91 Å². The number of ether oxygens (including phenoxy) is 1. The molecule has 0 spiro atoms. The summed E-state index contributed by atoms with van der Waals surface area (Å²) in [5.74, 6) is 0.652. The van der Waals surface area contributed by atoms with Crippen LogP contribution in [-0.4, -0.2) is 17.5 Å². The molecule has 5 heteroatoms. The lowest BCUT2D eigenvalue weighted by Crippen LogP contribution is -2.30. The minimum absolute atomic E-state index is 0.0775. The standard InChI is InChI=1S/C28H30N2O2S/c1-4-5-9-15-32-24-14-10-13-23(18-24)27(31)30(19-22-11-7-6-8-12-22)28-29-26-21(3)16-20(2)17-25(26)33-28/h6-8,10-14,16-18H,4-5,9,15,19H2,1-3H3. The molecule has 4 nitrogen and oxygen atoms in total. The second-order valence-electron chi connectivity index (χ2n) is 8.39. The molecule has 3 aromatic carbocycles. The SMILES string of the molecule is CCCCCOc1cccc(C(=O)N(Cc2ccccc2)c2nc3c(C)cc(C)cc3s2)c1. The third kappa shape index (κ3) is 5.60. The molecule has 1 heterocycles. The molecular weight excluding hydrogens is 428 g/mol. The van der Waals surface area contributed by atoms with Crippen LogP contribution in [0.25, 0.3) is 10.2 Å². The average Bonchev–Trinajstić information content (AvgIpc) is 3.25. The normalized spacial score (nSPS) is 11.0. The zero-order chi connectivity index (χ0) is 23.2. The molecule has 0 bridgehead atoms. The van der Waals surface area contributed by atoms with Gasteiger partial charge >= 0.3 is 0 Å². The summed E-state index contributed by atoms with van der Waals surface area (Å²) in [5, 5.41) is 0.710. The first-order chi connectivity index (χ1) is 16.0. The van der Waals surface area contributed by atoms with E-state index >= 15 is 0 Å². The van der Waals surface area contributed by atoms with Crippen molar-refractivity contribution in [1.29, 1.82) is 0 Å². The zero-order valence-electron chi connectivity index (χ0n) is 19.5. The summed E-state index contributed by atoms with van der Waals surface area (Å²) in [6.07, 6.45) is 3.30. The molecule has 4 aromatic rings. The van der Waals surface area contributed by atoms with Crippen LogP contribution in [0.1, 0.15) is 53.2 Å². The summed E-state index contributed by atoms with van der Waals surface area (Å²) < 4.78 is 6.99. The number of carbonyl (C=O) groups excluding carboxylic acids is 1. The topological polar surface area (TPSA) is 42.4 Å². The maximum atomic E-state index is 13.7. The quantitative estimate of drug-likeness (QED) is 0.247. The van der Waals surface area contributed by atoms with E-state index in [1.807, 2.05) is 54.6 Å². The van der Waals surface area contributed by atoms with Crippen molar-refractivity contribution in [2.24, 2.45) is 0 Å². The smallest absolute Gasteiger partial charge is 0.260 e. The van der Waals surface area contributed by atoms with Gasteiger partial charge in [-0.25, -0.2) is 4.98 Å². The molecule has 0 aliphatic rings. The minimum atomic E-state index is -0.0775. The molecule has 1 aromatic heterocycles. The van der Waals surface area contributed by atoms with E-state index in [1.165, 1.54) is 5.56 Å². The highest BCUT2D eigenvalue weighted by Gasteiger charge is 2.23. The Morgan fingerprint density at radius 2 is 1.82 bits per heavy atom.